The molecule has 0 spiro atoms. The number of benzene rings is 1. The number of nitrogens with zero attached hydrogens (tertiary/aromatic N) is 2. The van der Waals surface area contributed by atoms with E-state index in [0.717, 1.165) is 10.2 Å². The Morgan fingerprint density at radius 1 is 1.33 bits per heavy atom. The zero-order valence-electron chi connectivity index (χ0n) is 13.4. The molecule has 2 fully saturated rings. The maximum absolute atomic E-state index is 12.8. The third-order valence-electron chi connectivity index (χ3n) is 4.99. The number of hydrogen-bond acceptors (Lipinski definition) is 3. The van der Waals surface area contributed by atoms with Crippen LogP contribution in [0.2, 0.25) is 0 Å². The topological polar surface area (TPSA) is 77.9 Å². The molecule has 0 radical (unpaired) electrons. The Labute approximate surface area is 148 Å². The SMILES string of the molecule is CC1(C(=O)O)CCCN1C(=O)C1CC(=O)N(c2ccccc2Br)C1. The fourth-order valence-corrected chi connectivity index (χ4v) is 4.03. The number of carbonyl (C=O) groups excluding carboxylic acids is 2. The van der Waals surface area contributed by atoms with Crippen molar-refractivity contribution in [3.05, 3.63) is 28.7 Å². The summed E-state index contributed by atoms with van der Waals surface area (Å²) >= 11 is 3.43. The van der Waals surface area contributed by atoms with E-state index >= 15 is 0 Å². The van der Waals surface area contributed by atoms with Crippen LogP contribution in [0.25, 0.3) is 0 Å². The molecule has 2 heterocycles. The number of anilines is 1. The fourth-order valence-electron chi connectivity index (χ4n) is 3.54. The standard InChI is InChI=1S/C17H19BrN2O4/c1-17(16(23)24)7-4-8-20(17)15(22)11-9-14(21)19(10-11)13-6-3-2-5-12(13)18/h2-3,5-6,11H,4,7-10H2,1H3,(H,23,24). The molecule has 1 aromatic carbocycles. The second kappa shape index (κ2) is 6.20. The van der Waals surface area contributed by atoms with Gasteiger partial charge in [0.05, 0.1) is 11.6 Å². The van der Waals surface area contributed by atoms with Crippen LogP contribution in [-0.2, 0) is 14.4 Å². The Bertz CT molecular complexity index is 708. The molecule has 2 aliphatic rings. The van der Waals surface area contributed by atoms with Crippen molar-refractivity contribution >= 4 is 39.4 Å². The minimum atomic E-state index is -1.17. The molecule has 2 atom stereocenters. The van der Waals surface area contributed by atoms with Crippen molar-refractivity contribution in [1.82, 2.24) is 4.90 Å². The van der Waals surface area contributed by atoms with Gasteiger partial charge in [0.25, 0.3) is 0 Å². The van der Waals surface area contributed by atoms with Crippen molar-refractivity contribution in [3.63, 3.8) is 0 Å². The number of amides is 2. The zero-order valence-corrected chi connectivity index (χ0v) is 15.0. The second-order valence-corrected chi connectivity index (χ2v) is 7.38. The van der Waals surface area contributed by atoms with Gasteiger partial charge in [-0.2, -0.15) is 0 Å². The van der Waals surface area contributed by atoms with Crippen molar-refractivity contribution in [2.24, 2.45) is 5.92 Å². The molecular weight excluding hydrogens is 376 g/mol. The summed E-state index contributed by atoms with van der Waals surface area (Å²) in [5.74, 6) is -1.83. The Hall–Kier alpha value is -1.89. The predicted octanol–water partition coefficient (Wildman–Crippen LogP) is 2.27. The van der Waals surface area contributed by atoms with Crippen LogP contribution in [0.3, 0.4) is 0 Å². The number of hydrogen-bond donors (Lipinski definition) is 1. The first-order chi connectivity index (χ1) is 11.3. The fraction of sp³-hybridized carbons (Fsp3) is 0.471. The Kier molecular flexibility index (Phi) is 4.38. The molecule has 2 saturated heterocycles. The van der Waals surface area contributed by atoms with Crippen LogP contribution in [0.1, 0.15) is 26.2 Å². The summed E-state index contributed by atoms with van der Waals surface area (Å²) in [6.07, 6.45) is 1.23. The number of halogens is 1. The summed E-state index contributed by atoms with van der Waals surface area (Å²) in [5, 5.41) is 9.48. The predicted molar refractivity (Wildman–Crippen MR) is 91.6 cm³/mol. The molecule has 7 heteroatoms. The first kappa shape index (κ1) is 17.0. The van der Waals surface area contributed by atoms with Gasteiger partial charge in [0, 0.05) is 24.0 Å². The van der Waals surface area contributed by atoms with Gasteiger partial charge < -0.3 is 14.9 Å². The van der Waals surface area contributed by atoms with Gasteiger partial charge in [0.2, 0.25) is 11.8 Å². The molecule has 2 aliphatic heterocycles. The highest BCUT2D eigenvalue weighted by atomic mass is 79.9. The Morgan fingerprint density at radius 3 is 2.71 bits per heavy atom. The third-order valence-corrected chi connectivity index (χ3v) is 5.66. The highest BCUT2D eigenvalue weighted by Crippen LogP contribution is 2.35. The molecule has 0 aliphatic carbocycles. The minimum Gasteiger partial charge on any atom is -0.480 e. The molecule has 0 saturated carbocycles. The first-order valence-electron chi connectivity index (χ1n) is 7.94. The second-order valence-electron chi connectivity index (χ2n) is 6.53. The summed E-state index contributed by atoms with van der Waals surface area (Å²) in [6, 6.07) is 7.37. The molecule has 2 amide bonds. The van der Waals surface area contributed by atoms with Gasteiger partial charge in [-0.3, -0.25) is 9.59 Å². The van der Waals surface area contributed by atoms with Crippen LogP contribution in [0, 0.1) is 5.92 Å². The van der Waals surface area contributed by atoms with Gasteiger partial charge in [-0.25, -0.2) is 4.79 Å². The summed E-state index contributed by atoms with van der Waals surface area (Å²) in [4.78, 5) is 39.8. The lowest BCUT2D eigenvalue weighted by Gasteiger charge is -2.33. The lowest BCUT2D eigenvalue weighted by atomic mass is 9.97. The number of carbonyl (C=O) groups is 3. The summed E-state index contributed by atoms with van der Waals surface area (Å²) < 4.78 is 0.794. The molecule has 128 valence electrons. The molecule has 3 rings (SSSR count). The van der Waals surface area contributed by atoms with Gasteiger partial charge in [-0.05, 0) is 47.8 Å². The molecule has 0 aromatic heterocycles. The van der Waals surface area contributed by atoms with Crippen molar-refractivity contribution < 1.29 is 19.5 Å². The van der Waals surface area contributed by atoms with Gasteiger partial charge in [-0.15, -0.1) is 0 Å². The molecule has 24 heavy (non-hydrogen) atoms. The maximum atomic E-state index is 12.8. The number of likely N-dealkylation sites (tertiary alicyclic amines) is 1. The normalized spacial score (nSPS) is 26.9. The smallest absolute Gasteiger partial charge is 0.329 e. The van der Waals surface area contributed by atoms with E-state index in [1.54, 1.807) is 11.8 Å². The van der Waals surface area contributed by atoms with Gasteiger partial charge in [0.15, 0.2) is 0 Å². The van der Waals surface area contributed by atoms with E-state index in [1.165, 1.54) is 4.90 Å². The van der Waals surface area contributed by atoms with E-state index in [2.05, 4.69) is 15.9 Å². The third kappa shape index (κ3) is 2.70. The lowest BCUT2D eigenvalue weighted by Crippen LogP contribution is -2.52. The highest BCUT2D eigenvalue weighted by molar-refractivity contribution is 9.10. The van der Waals surface area contributed by atoms with Crippen LogP contribution in [-0.4, -0.2) is 46.4 Å². The van der Waals surface area contributed by atoms with Gasteiger partial charge in [-0.1, -0.05) is 12.1 Å². The van der Waals surface area contributed by atoms with Crippen molar-refractivity contribution in [2.45, 2.75) is 31.7 Å². The van der Waals surface area contributed by atoms with Crippen LogP contribution < -0.4 is 4.90 Å². The molecule has 1 aromatic rings. The zero-order chi connectivity index (χ0) is 17.5. The Balaban J connectivity index is 1.80. The summed E-state index contributed by atoms with van der Waals surface area (Å²) in [6.45, 7) is 2.30. The molecule has 6 nitrogen and oxygen atoms in total. The minimum absolute atomic E-state index is 0.114. The van der Waals surface area contributed by atoms with E-state index in [-0.39, 0.29) is 24.8 Å². The first-order valence-corrected chi connectivity index (χ1v) is 8.73. The van der Waals surface area contributed by atoms with Crippen LogP contribution in [0.15, 0.2) is 28.7 Å². The number of aliphatic carboxylic acids is 1. The average Bonchev–Trinajstić information content (AvgIpc) is 3.11. The van der Waals surface area contributed by atoms with E-state index in [9.17, 15) is 19.5 Å². The number of carboxylic acid groups (broad SMARTS) is 1. The van der Waals surface area contributed by atoms with Crippen molar-refractivity contribution in [3.8, 4) is 0 Å². The van der Waals surface area contributed by atoms with Crippen LogP contribution >= 0.6 is 15.9 Å². The van der Waals surface area contributed by atoms with Crippen LogP contribution in [0.4, 0.5) is 5.69 Å². The summed E-state index contributed by atoms with van der Waals surface area (Å²) in [7, 11) is 0. The highest BCUT2D eigenvalue weighted by Gasteiger charge is 2.49. The van der Waals surface area contributed by atoms with Gasteiger partial charge >= 0.3 is 5.97 Å². The number of para-hydroxylation sites is 1. The molecular formula is C17H19BrN2O4. The molecule has 2 unspecified atom stereocenters. The van der Waals surface area contributed by atoms with E-state index in [0.29, 0.717) is 19.4 Å². The van der Waals surface area contributed by atoms with Crippen LogP contribution in [0.5, 0.6) is 0 Å². The Morgan fingerprint density at radius 2 is 2.04 bits per heavy atom. The summed E-state index contributed by atoms with van der Waals surface area (Å²) in [5.41, 5.74) is -0.429. The maximum Gasteiger partial charge on any atom is 0.329 e. The van der Waals surface area contributed by atoms with Crippen molar-refractivity contribution in [2.75, 3.05) is 18.0 Å². The van der Waals surface area contributed by atoms with E-state index < -0.39 is 17.4 Å². The van der Waals surface area contributed by atoms with E-state index in [4.69, 9.17) is 0 Å². The average molecular weight is 395 g/mol. The lowest BCUT2D eigenvalue weighted by molar-refractivity contribution is -0.156. The monoisotopic (exact) mass is 394 g/mol. The number of carboxylic acids is 1. The molecule has 1 N–H and O–H groups in total. The number of rotatable bonds is 3. The van der Waals surface area contributed by atoms with Gasteiger partial charge in [0.1, 0.15) is 5.54 Å². The van der Waals surface area contributed by atoms with E-state index in [1.807, 2.05) is 24.3 Å². The van der Waals surface area contributed by atoms with Crippen molar-refractivity contribution in [1.29, 1.82) is 0 Å². The molecule has 0 bridgehead atoms. The largest absolute Gasteiger partial charge is 0.480 e. The quantitative estimate of drug-likeness (QED) is 0.852.